The second-order valence-corrected chi connectivity index (χ2v) is 7.42. The molecule has 1 heterocycles. The van der Waals surface area contributed by atoms with Crippen LogP contribution in [0.2, 0.25) is 0 Å². The number of aliphatic hydroxyl groups is 1. The van der Waals surface area contributed by atoms with Crippen molar-refractivity contribution in [3.05, 3.63) is 28.3 Å². The molecule has 7 heteroatoms. The summed E-state index contributed by atoms with van der Waals surface area (Å²) < 4.78 is 33.7. The highest BCUT2D eigenvalue weighted by atomic mass is 32.2. The molecule has 1 N–H and O–H groups in total. The Balaban J connectivity index is 2.08. The van der Waals surface area contributed by atoms with Crippen molar-refractivity contribution in [2.75, 3.05) is 6.26 Å². The van der Waals surface area contributed by atoms with E-state index in [0.29, 0.717) is 19.3 Å². The Morgan fingerprint density at radius 3 is 2.80 bits per heavy atom. The van der Waals surface area contributed by atoms with Crippen LogP contribution in [0.4, 0.5) is 0 Å². The van der Waals surface area contributed by atoms with Gasteiger partial charge >= 0.3 is 0 Å². The second kappa shape index (κ2) is 5.97. The van der Waals surface area contributed by atoms with Gasteiger partial charge < -0.3 is 14.3 Å². The fourth-order valence-electron chi connectivity index (χ4n) is 2.38. The molecular weight excluding hydrogens is 284 g/mol. The van der Waals surface area contributed by atoms with E-state index in [4.69, 9.17) is 14.3 Å². The minimum absolute atomic E-state index is 0.0568. The van der Waals surface area contributed by atoms with Crippen LogP contribution in [0, 0.1) is 0 Å². The van der Waals surface area contributed by atoms with Crippen molar-refractivity contribution in [2.45, 2.75) is 43.6 Å². The molecule has 0 aromatic carbocycles. The monoisotopic (exact) mass is 302 g/mol. The molecule has 1 aliphatic rings. The number of aliphatic hydroxyl groups excluding tert-OH is 1. The van der Waals surface area contributed by atoms with Crippen LogP contribution in [0.3, 0.4) is 0 Å². The van der Waals surface area contributed by atoms with Crippen molar-refractivity contribution < 1.29 is 22.7 Å². The quantitative estimate of drug-likeness (QED) is 0.887. The lowest BCUT2D eigenvalue weighted by Gasteiger charge is -2.28. The van der Waals surface area contributed by atoms with Crippen molar-refractivity contribution in [1.29, 1.82) is 0 Å². The van der Waals surface area contributed by atoms with Crippen molar-refractivity contribution in [3.8, 4) is 5.75 Å². The standard InChI is InChI=1S/C13H18O6S/c1-20(16,17)11-4-2-3-9(5-11)19-13-8-18-10(7-14)6-12(13)15/h6,8-9,11,14H,2-5,7H2,1H3. The maximum Gasteiger partial charge on any atom is 0.227 e. The van der Waals surface area contributed by atoms with Gasteiger partial charge in [0.15, 0.2) is 0 Å². The van der Waals surface area contributed by atoms with Gasteiger partial charge in [-0.25, -0.2) is 8.42 Å². The number of hydrogen-bond acceptors (Lipinski definition) is 6. The minimum atomic E-state index is -3.09. The van der Waals surface area contributed by atoms with Gasteiger partial charge in [0.1, 0.15) is 34.6 Å². The maximum absolute atomic E-state index is 11.7. The van der Waals surface area contributed by atoms with E-state index in [9.17, 15) is 13.2 Å². The van der Waals surface area contributed by atoms with Crippen LogP contribution in [0.1, 0.15) is 31.4 Å². The molecule has 0 amide bonds. The lowest BCUT2D eigenvalue weighted by atomic mass is 9.97. The highest BCUT2D eigenvalue weighted by Gasteiger charge is 2.30. The molecule has 1 fully saturated rings. The van der Waals surface area contributed by atoms with Crippen molar-refractivity contribution in [2.24, 2.45) is 0 Å². The molecule has 1 aromatic heterocycles. The smallest absolute Gasteiger partial charge is 0.227 e. The minimum Gasteiger partial charge on any atom is -0.483 e. The average Bonchev–Trinajstić information content (AvgIpc) is 2.40. The molecule has 0 radical (unpaired) electrons. The van der Waals surface area contributed by atoms with E-state index in [1.54, 1.807) is 0 Å². The van der Waals surface area contributed by atoms with Gasteiger partial charge in [-0.2, -0.15) is 0 Å². The van der Waals surface area contributed by atoms with Crippen molar-refractivity contribution in [3.63, 3.8) is 0 Å². The summed E-state index contributed by atoms with van der Waals surface area (Å²) in [4.78, 5) is 11.7. The predicted octanol–water partition coefficient (Wildman–Crippen LogP) is 0.867. The maximum atomic E-state index is 11.7. The van der Waals surface area contributed by atoms with E-state index in [-0.39, 0.29) is 29.6 Å². The molecule has 0 aliphatic heterocycles. The van der Waals surface area contributed by atoms with E-state index in [1.807, 2.05) is 0 Å². The molecule has 1 saturated carbocycles. The van der Waals surface area contributed by atoms with Crippen LogP contribution in [-0.4, -0.2) is 31.1 Å². The second-order valence-electron chi connectivity index (χ2n) is 5.09. The third-order valence-electron chi connectivity index (χ3n) is 3.49. The summed E-state index contributed by atoms with van der Waals surface area (Å²) >= 11 is 0. The zero-order valence-corrected chi connectivity index (χ0v) is 12.1. The molecule has 112 valence electrons. The summed E-state index contributed by atoms with van der Waals surface area (Å²) in [5.74, 6) is 0.223. The van der Waals surface area contributed by atoms with Crippen LogP contribution in [0.5, 0.6) is 5.75 Å². The Hall–Kier alpha value is -1.34. The number of hydrogen-bond donors (Lipinski definition) is 1. The van der Waals surface area contributed by atoms with Gasteiger partial charge in [-0.15, -0.1) is 0 Å². The van der Waals surface area contributed by atoms with Crippen LogP contribution in [0.25, 0.3) is 0 Å². The van der Waals surface area contributed by atoms with Gasteiger partial charge in [-0.3, -0.25) is 4.79 Å². The lowest BCUT2D eigenvalue weighted by molar-refractivity contribution is 0.149. The van der Waals surface area contributed by atoms with Crippen LogP contribution < -0.4 is 10.2 Å². The molecule has 0 spiro atoms. The third-order valence-corrected chi connectivity index (χ3v) is 5.12. The first-order valence-electron chi connectivity index (χ1n) is 6.48. The van der Waals surface area contributed by atoms with E-state index >= 15 is 0 Å². The van der Waals surface area contributed by atoms with Gasteiger partial charge in [0.2, 0.25) is 11.2 Å². The summed E-state index contributed by atoms with van der Waals surface area (Å²) in [5.41, 5.74) is -0.373. The molecule has 0 bridgehead atoms. The van der Waals surface area contributed by atoms with Gasteiger partial charge in [0.05, 0.1) is 5.25 Å². The van der Waals surface area contributed by atoms with E-state index in [1.165, 1.54) is 12.3 Å². The largest absolute Gasteiger partial charge is 0.483 e. The summed E-state index contributed by atoms with van der Waals surface area (Å²) in [6, 6.07) is 1.17. The van der Waals surface area contributed by atoms with Crippen LogP contribution in [-0.2, 0) is 16.4 Å². The molecule has 6 nitrogen and oxygen atoms in total. The number of sulfone groups is 1. The van der Waals surface area contributed by atoms with Gasteiger partial charge in [-0.05, 0) is 19.3 Å². The Bertz CT molecular complexity index is 618. The summed E-state index contributed by atoms with van der Waals surface area (Å²) in [5, 5.41) is 8.45. The van der Waals surface area contributed by atoms with E-state index < -0.39 is 15.1 Å². The number of ether oxygens (including phenoxy) is 1. The normalized spacial score (nSPS) is 23.5. The zero-order chi connectivity index (χ0) is 14.8. The fourth-order valence-corrected chi connectivity index (χ4v) is 3.54. The summed E-state index contributed by atoms with van der Waals surface area (Å²) in [7, 11) is -3.09. The van der Waals surface area contributed by atoms with Crippen LogP contribution in [0.15, 0.2) is 21.5 Å². The molecule has 1 aliphatic carbocycles. The average molecular weight is 302 g/mol. The highest BCUT2D eigenvalue weighted by molar-refractivity contribution is 7.91. The first-order chi connectivity index (χ1) is 9.40. The van der Waals surface area contributed by atoms with Crippen LogP contribution >= 0.6 is 0 Å². The summed E-state index contributed by atoms with van der Waals surface area (Å²) in [6.07, 6.45) is 4.58. The SMILES string of the molecule is CS(=O)(=O)C1CCCC(Oc2coc(CO)cc2=O)C1. The Morgan fingerprint density at radius 1 is 1.45 bits per heavy atom. The molecular formula is C13H18O6S. The van der Waals surface area contributed by atoms with Gasteiger partial charge in [-0.1, -0.05) is 0 Å². The van der Waals surface area contributed by atoms with E-state index in [2.05, 4.69) is 0 Å². The first-order valence-corrected chi connectivity index (χ1v) is 8.43. The Labute approximate surface area is 117 Å². The molecule has 1 aromatic rings. The first kappa shape index (κ1) is 15.1. The predicted molar refractivity (Wildman–Crippen MR) is 72.4 cm³/mol. The zero-order valence-electron chi connectivity index (χ0n) is 11.2. The third kappa shape index (κ3) is 3.61. The highest BCUT2D eigenvalue weighted by Crippen LogP contribution is 2.26. The molecule has 2 atom stereocenters. The Morgan fingerprint density at radius 2 is 2.20 bits per heavy atom. The van der Waals surface area contributed by atoms with E-state index in [0.717, 1.165) is 12.7 Å². The topological polar surface area (TPSA) is 93.8 Å². The van der Waals surface area contributed by atoms with Crippen molar-refractivity contribution in [1.82, 2.24) is 0 Å². The van der Waals surface area contributed by atoms with Crippen molar-refractivity contribution >= 4 is 9.84 Å². The van der Waals surface area contributed by atoms with Gasteiger partial charge in [0.25, 0.3) is 0 Å². The molecule has 2 unspecified atom stereocenters. The lowest BCUT2D eigenvalue weighted by Crippen LogP contribution is -2.34. The fraction of sp³-hybridized carbons (Fsp3) is 0.615. The van der Waals surface area contributed by atoms with Gasteiger partial charge in [0, 0.05) is 18.7 Å². The Kier molecular flexibility index (Phi) is 4.49. The molecule has 20 heavy (non-hydrogen) atoms. The molecule has 2 rings (SSSR count). The molecule has 0 saturated heterocycles. The number of rotatable bonds is 4. The summed E-state index contributed by atoms with van der Waals surface area (Å²) in [6.45, 7) is -0.352.